The maximum absolute atomic E-state index is 5.98. The molecule has 0 spiro atoms. The van der Waals surface area contributed by atoms with E-state index in [9.17, 15) is 0 Å². The zero-order chi connectivity index (χ0) is 14.3. The van der Waals surface area contributed by atoms with Gasteiger partial charge in [0.05, 0.1) is 0 Å². The summed E-state index contributed by atoms with van der Waals surface area (Å²) >= 11 is 0. The van der Waals surface area contributed by atoms with Gasteiger partial charge in [0, 0.05) is 11.1 Å². The predicted octanol–water partition coefficient (Wildman–Crippen LogP) is 4.92. The van der Waals surface area contributed by atoms with Crippen molar-refractivity contribution < 1.29 is 0 Å². The first-order valence-corrected chi connectivity index (χ1v) is 7.58. The van der Waals surface area contributed by atoms with Crippen molar-refractivity contribution in [2.75, 3.05) is 5.73 Å². The molecule has 0 fully saturated rings. The van der Waals surface area contributed by atoms with E-state index in [1.165, 1.54) is 47.1 Å². The third kappa shape index (κ3) is 1.93. The van der Waals surface area contributed by atoms with Gasteiger partial charge in [0.2, 0.25) is 0 Å². The molecule has 0 aromatic heterocycles. The second-order valence-electron chi connectivity index (χ2n) is 6.41. The fourth-order valence-corrected chi connectivity index (χ4v) is 3.34. The molecular formula is C19H23N. The summed E-state index contributed by atoms with van der Waals surface area (Å²) in [6.07, 6.45) is 3.69. The van der Waals surface area contributed by atoms with E-state index in [1.807, 2.05) is 6.07 Å². The highest BCUT2D eigenvalue weighted by molar-refractivity contribution is 5.82. The molecule has 2 aromatic rings. The van der Waals surface area contributed by atoms with Crippen molar-refractivity contribution in [3.8, 4) is 11.1 Å². The summed E-state index contributed by atoms with van der Waals surface area (Å²) in [6, 6.07) is 13.3. The van der Waals surface area contributed by atoms with Crippen molar-refractivity contribution in [3.63, 3.8) is 0 Å². The van der Waals surface area contributed by atoms with E-state index in [2.05, 4.69) is 51.1 Å². The number of nitrogens with two attached hydrogens (primary N) is 1. The van der Waals surface area contributed by atoms with Crippen LogP contribution in [0, 0.1) is 0 Å². The maximum Gasteiger partial charge on any atom is 0.0317 e. The smallest absolute Gasteiger partial charge is 0.0317 e. The van der Waals surface area contributed by atoms with Gasteiger partial charge in [-0.05, 0) is 52.8 Å². The molecule has 1 nitrogen and oxygen atoms in total. The van der Waals surface area contributed by atoms with Crippen LogP contribution in [0.5, 0.6) is 0 Å². The number of hydrogen-bond donors (Lipinski definition) is 1. The number of anilines is 1. The van der Waals surface area contributed by atoms with Crippen LogP contribution in [0.2, 0.25) is 0 Å². The van der Waals surface area contributed by atoms with Crippen molar-refractivity contribution >= 4 is 5.69 Å². The Morgan fingerprint density at radius 1 is 0.950 bits per heavy atom. The van der Waals surface area contributed by atoms with Crippen LogP contribution in [0.25, 0.3) is 11.1 Å². The molecule has 0 heterocycles. The molecule has 0 aliphatic heterocycles. The molecule has 0 unspecified atom stereocenters. The van der Waals surface area contributed by atoms with Crippen LogP contribution in [0.1, 0.15) is 50.3 Å². The highest BCUT2D eigenvalue weighted by atomic mass is 14.5. The standard InChI is InChI=1S/C19H23N/c1-4-5-6-13-7-9-15-16-10-8-14(20)12-18(16)19(2,3)17(15)11-13/h7-12H,4-6,20H2,1-3H3. The van der Waals surface area contributed by atoms with Crippen molar-refractivity contribution in [2.45, 2.75) is 45.4 Å². The lowest BCUT2D eigenvalue weighted by atomic mass is 9.81. The molecule has 1 heteroatoms. The van der Waals surface area contributed by atoms with E-state index in [4.69, 9.17) is 5.73 Å². The molecule has 3 rings (SSSR count). The highest BCUT2D eigenvalue weighted by Crippen LogP contribution is 2.49. The molecule has 20 heavy (non-hydrogen) atoms. The van der Waals surface area contributed by atoms with Gasteiger partial charge >= 0.3 is 0 Å². The van der Waals surface area contributed by atoms with Crippen LogP contribution in [0.3, 0.4) is 0 Å². The van der Waals surface area contributed by atoms with Gasteiger partial charge in [0.15, 0.2) is 0 Å². The molecule has 0 atom stereocenters. The monoisotopic (exact) mass is 265 g/mol. The molecule has 0 bridgehead atoms. The van der Waals surface area contributed by atoms with Crippen molar-refractivity contribution in [2.24, 2.45) is 0 Å². The molecule has 104 valence electrons. The van der Waals surface area contributed by atoms with Gasteiger partial charge in [-0.25, -0.2) is 0 Å². The van der Waals surface area contributed by atoms with Gasteiger partial charge in [-0.3, -0.25) is 0 Å². The highest BCUT2D eigenvalue weighted by Gasteiger charge is 2.35. The fraction of sp³-hybridized carbons (Fsp3) is 0.368. The summed E-state index contributed by atoms with van der Waals surface area (Å²) in [5.74, 6) is 0. The lowest BCUT2D eigenvalue weighted by Gasteiger charge is -2.22. The number of fused-ring (bicyclic) bond motifs is 3. The molecule has 1 aliphatic carbocycles. The van der Waals surface area contributed by atoms with Gasteiger partial charge in [-0.1, -0.05) is 51.5 Å². The van der Waals surface area contributed by atoms with Gasteiger partial charge < -0.3 is 5.73 Å². The quantitative estimate of drug-likeness (QED) is 0.783. The van der Waals surface area contributed by atoms with E-state index in [1.54, 1.807) is 0 Å². The number of benzene rings is 2. The number of aryl methyl sites for hydroxylation is 1. The number of hydrogen-bond acceptors (Lipinski definition) is 1. The minimum atomic E-state index is 0.0578. The Bertz CT molecular complexity index is 653. The summed E-state index contributed by atoms with van der Waals surface area (Å²) in [5.41, 5.74) is 13.9. The molecule has 1 aliphatic rings. The molecule has 2 aromatic carbocycles. The largest absolute Gasteiger partial charge is 0.399 e. The Labute approximate surface area is 121 Å². The second kappa shape index (κ2) is 4.66. The third-order valence-electron chi connectivity index (χ3n) is 4.58. The summed E-state index contributed by atoms with van der Waals surface area (Å²) in [6.45, 7) is 6.86. The Morgan fingerprint density at radius 3 is 2.30 bits per heavy atom. The fourth-order valence-electron chi connectivity index (χ4n) is 3.34. The van der Waals surface area contributed by atoms with E-state index in [0.717, 1.165) is 5.69 Å². The Balaban J connectivity index is 2.11. The van der Waals surface area contributed by atoms with Crippen LogP contribution < -0.4 is 5.73 Å². The summed E-state index contributed by atoms with van der Waals surface area (Å²) in [5, 5.41) is 0. The molecular weight excluding hydrogens is 242 g/mol. The normalized spacial score (nSPS) is 14.9. The van der Waals surface area contributed by atoms with Crippen LogP contribution in [0.15, 0.2) is 36.4 Å². The first-order valence-electron chi connectivity index (χ1n) is 7.58. The maximum atomic E-state index is 5.98. The first-order chi connectivity index (χ1) is 9.54. The third-order valence-corrected chi connectivity index (χ3v) is 4.58. The SMILES string of the molecule is CCCCc1ccc2c(c1)C(C)(C)c1cc(N)ccc1-2. The van der Waals surface area contributed by atoms with Gasteiger partial charge in [0.1, 0.15) is 0 Å². The average Bonchev–Trinajstić information content (AvgIpc) is 2.65. The molecule has 0 amide bonds. The number of unbranched alkanes of at least 4 members (excludes halogenated alkanes) is 1. The first kappa shape index (κ1) is 13.2. The Kier molecular flexibility index (Phi) is 3.08. The van der Waals surface area contributed by atoms with Crippen LogP contribution in [-0.2, 0) is 11.8 Å². The predicted molar refractivity (Wildman–Crippen MR) is 87.0 cm³/mol. The van der Waals surface area contributed by atoms with Crippen molar-refractivity contribution in [1.29, 1.82) is 0 Å². The van der Waals surface area contributed by atoms with Crippen molar-refractivity contribution in [3.05, 3.63) is 53.1 Å². The average molecular weight is 265 g/mol. The second-order valence-corrected chi connectivity index (χ2v) is 6.41. The van der Waals surface area contributed by atoms with Crippen molar-refractivity contribution in [1.82, 2.24) is 0 Å². The molecule has 0 saturated carbocycles. The Morgan fingerprint density at radius 2 is 1.60 bits per heavy atom. The van der Waals surface area contributed by atoms with Gasteiger partial charge in [-0.15, -0.1) is 0 Å². The summed E-state index contributed by atoms with van der Waals surface area (Å²) < 4.78 is 0. The van der Waals surface area contributed by atoms with E-state index in [0.29, 0.717) is 0 Å². The summed E-state index contributed by atoms with van der Waals surface area (Å²) in [7, 11) is 0. The molecule has 0 saturated heterocycles. The van der Waals surface area contributed by atoms with Gasteiger partial charge in [-0.2, -0.15) is 0 Å². The lowest BCUT2D eigenvalue weighted by Crippen LogP contribution is -2.15. The Hall–Kier alpha value is -1.76. The number of rotatable bonds is 3. The van der Waals surface area contributed by atoms with E-state index in [-0.39, 0.29) is 5.41 Å². The summed E-state index contributed by atoms with van der Waals surface area (Å²) in [4.78, 5) is 0. The number of nitrogen functional groups attached to an aromatic ring is 1. The topological polar surface area (TPSA) is 26.0 Å². The van der Waals surface area contributed by atoms with Gasteiger partial charge in [0.25, 0.3) is 0 Å². The van der Waals surface area contributed by atoms with Crippen LogP contribution in [-0.4, -0.2) is 0 Å². The van der Waals surface area contributed by atoms with Crippen LogP contribution in [0.4, 0.5) is 5.69 Å². The van der Waals surface area contributed by atoms with E-state index < -0.39 is 0 Å². The molecule has 0 radical (unpaired) electrons. The minimum absolute atomic E-state index is 0.0578. The molecule has 2 N–H and O–H groups in total. The zero-order valence-corrected chi connectivity index (χ0v) is 12.7. The zero-order valence-electron chi connectivity index (χ0n) is 12.7. The van der Waals surface area contributed by atoms with Crippen LogP contribution >= 0.6 is 0 Å². The minimum Gasteiger partial charge on any atom is -0.399 e. The lowest BCUT2D eigenvalue weighted by molar-refractivity contribution is 0.658. The van der Waals surface area contributed by atoms with E-state index >= 15 is 0 Å².